The minimum atomic E-state index is -0.216. The van der Waals surface area contributed by atoms with Crippen LogP contribution in [0.25, 0.3) is 5.57 Å². The number of halogens is 2. The van der Waals surface area contributed by atoms with Crippen LogP contribution in [0.5, 0.6) is 5.75 Å². The molecule has 122 valence electrons. The molecule has 0 aliphatic heterocycles. The molecule has 1 saturated carbocycles. The Morgan fingerprint density at radius 3 is 2.68 bits per heavy atom. The van der Waals surface area contributed by atoms with Crippen molar-refractivity contribution in [2.75, 3.05) is 27.7 Å². The van der Waals surface area contributed by atoms with Crippen LogP contribution in [0.2, 0.25) is 0 Å². The van der Waals surface area contributed by atoms with E-state index in [0.717, 1.165) is 18.0 Å². The normalized spacial score (nSPS) is 26.6. The van der Waals surface area contributed by atoms with Crippen molar-refractivity contribution in [3.05, 3.63) is 35.7 Å². The monoisotopic (exact) mass is 325 g/mol. The maximum atomic E-state index is 13.9. The van der Waals surface area contributed by atoms with E-state index in [-0.39, 0.29) is 18.2 Å². The average molecular weight is 326 g/mol. The second-order valence-electron chi connectivity index (χ2n) is 6.70. The van der Waals surface area contributed by atoms with Gasteiger partial charge < -0.3 is 9.64 Å². The molecule has 2 nitrogen and oxygen atoms in total. The predicted molar refractivity (Wildman–Crippen MR) is 91.1 cm³/mol. The summed E-state index contributed by atoms with van der Waals surface area (Å²) in [6.07, 6.45) is 6.28. The highest BCUT2D eigenvalue weighted by atomic mass is 35.5. The second kappa shape index (κ2) is 7.01. The van der Waals surface area contributed by atoms with E-state index in [4.69, 9.17) is 4.74 Å². The van der Waals surface area contributed by atoms with Crippen molar-refractivity contribution < 1.29 is 9.13 Å². The highest BCUT2D eigenvalue weighted by Crippen LogP contribution is 2.48. The lowest BCUT2D eigenvalue weighted by Crippen LogP contribution is -2.29. The molecule has 3 unspecified atom stereocenters. The van der Waals surface area contributed by atoms with Crippen LogP contribution in [-0.2, 0) is 0 Å². The van der Waals surface area contributed by atoms with E-state index in [1.807, 2.05) is 6.07 Å². The van der Waals surface area contributed by atoms with E-state index < -0.39 is 0 Å². The molecule has 0 saturated heterocycles. The van der Waals surface area contributed by atoms with Crippen LogP contribution >= 0.6 is 12.4 Å². The number of hydrogen-bond donors (Lipinski definition) is 0. The summed E-state index contributed by atoms with van der Waals surface area (Å²) >= 11 is 0. The van der Waals surface area contributed by atoms with E-state index in [1.165, 1.54) is 30.9 Å². The SMILES string of the molecule is COc1cc(F)cc(C2=CC3CCC(C3)C2CN(C)C)c1.Cl. The number of hydrogen-bond acceptors (Lipinski definition) is 2. The molecule has 2 aliphatic rings. The molecule has 0 heterocycles. The summed E-state index contributed by atoms with van der Waals surface area (Å²) in [7, 11) is 5.82. The van der Waals surface area contributed by atoms with E-state index in [1.54, 1.807) is 13.2 Å². The molecule has 3 atom stereocenters. The number of fused-ring (bicyclic) bond motifs is 2. The van der Waals surface area contributed by atoms with Crippen LogP contribution in [0.15, 0.2) is 24.3 Å². The molecule has 0 spiro atoms. The molecule has 1 aromatic carbocycles. The van der Waals surface area contributed by atoms with Crippen LogP contribution in [0.4, 0.5) is 4.39 Å². The van der Waals surface area contributed by atoms with Crippen molar-refractivity contribution in [1.29, 1.82) is 0 Å². The Balaban J connectivity index is 0.00000176. The van der Waals surface area contributed by atoms with Crippen molar-refractivity contribution in [3.8, 4) is 5.75 Å². The van der Waals surface area contributed by atoms with Crippen LogP contribution in [0.1, 0.15) is 24.8 Å². The van der Waals surface area contributed by atoms with Gasteiger partial charge in [-0.05, 0) is 74.4 Å². The molecule has 2 aliphatic carbocycles. The Kier molecular flexibility index (Phi) is 5.51. The summed E-state index contributed by atoms with van der Waals surface area (Å²) in [5.41, 5.74) is 2.32. The molecule has 0 N–H and O–H groups in total. The summed E-state index contributed by atoms with van der Waals surface area (Å²) in [5, 5.41) is 0. The van der Waals surface area contributed by atoms with Crippen molar-refractivity contribution >= 4 is 18.0 Å². The molecule has 0 radical (unpaired) electrons. The minimum absolute atomic E-state index is 0. The number of methoxy groups -OCH3 is 1. The zero-order valence-electron chi connectivity index (χ0n) is 13.5. The molecule has 1 fully saturated rings. The third-order valence-electron chi connectivity index (χ3n) is 4.90. The van der Waals surface area contributed by atoms with E-state index in [2.05, 4.69) is 25.1 Å². The van der Waals surface area contributed by atoms with Gasteiger partial charge in [0.2, 0.25) is 0 Å². The Labute approximate surface area is 138 Å². The van der Waals surface area contributed by atoms with Crippen molar-refractivity contribution in [2.45, 2.75) is 19.3 Å². The maximum Gasteiger partial charge on any atom is 0.127 e. The summed E-state index contributed by atoms with van der Waals surface area (Å²) < 4.78 is 19.1. The molecule has 0 aromatic heterocycles. The second-order valence-corrected chi connectivity index (χ2v) is 6.70. The lowest BCUT2D eigenvalue weighted by atomic mass is 9.76. The van der Waals surface area contributed by atoms with Gasteiger partial charge in [-0.3, -0.25) is 0 Å². The lowest BCUT2D eigenvalue weighted by Gasteiger charge is -2.32. The van der Waals surface area contributed by atoms with Crippen LogP contribution in [0, 0.1) is 23.6 Å². The van der Waals surface area contributed by atoms with Crippen LogP contribution in [0.3, 0.4) is 0 Å². The molecule has 3 rings (SSSR count). The van der Waals surface area contributed by atoms with Gasteiger partial charge in [0.15, 0.2) is 0 Å². The fraction of sp³-hybridized carbons (Fsp3) is 0.556. The first-order valence-electron chi connectivity index (χ1n) is 7.78. The largest absolute Gasteiger partial charge is 0.497 e. The molecule has 1 aromatic rings. The van der Waals surface area contributed by atoms with Crippen molar-refractivity contribution in [2.24, 2.45) is 17.8 Å². The molecular formula is C18H25ClFNO. The smallest absolute Gasteiger partial charge is 0.127 e. The summed E-state index contributed by atoms with van der Waals surface area (Å²) in [6, 6.07) is 5.08. The summed E-state index contributed by atoms with van der Waals surface area (Å²) in [5.74, 6) is 2.31. The van der Waals surface area contributed by atoms with Gasteiger partial charge in [0.05, 0.1) is 7.11 Å². The lowest BCUT2D eigenvalue weighted by molar-refractivity contribution is 0.289. The number of nitrogens with zero attached hydrogens (tertiary/aromatic N) is 1. The summed E-state index contributed by atoms with van der Waals surface area (Å²) in [6.45, 7) is 1.03. The molecule has 2 bridgehead atoms. The van der Waals surface area contributed by atoms with E-state index in [9.17, 15) is 4.39 Å². The van der Waals surface area contributed by atoms with Gasteiger partial charge in [0, 0.05) is 12.6 Å². The first-order chi connectivity index (χ1) is 10.1. The van der Waals surface area contributed by atoms with Crippen LogP contribution in [-0.4, -0.2) is 32.6 Å². The third-order valence-corrected chi connectivity index (χ3v) is 4.90. The van der Waals surface area contributed by atoms with Gasteiger partial charge in [-0.15, -0.1) is 12.4 Å². The van der Waals surface area contributed by atoms with Crippen molar-refractivity contribution in [1.82, 2.24) is 4.90 Å². The van der Waals surface area contributed by atoms with Gasteiger partial charge >= 0.3 is 0 Å². The number of benzene rings is 1. The van der Waals surface area contributed by atoms with Crippen molar-refractivity contribution in [3.63, 3.8) is 0 Å². The highest BCUT2D eigenvalue weighted by Gasteiger charge is 2.37. The standard InChI is InChI=1S/C18H24FNO.ClH/c1-20(2)11-18-13-5-4-12(6-13)7-17(18)14-8-15(19)10-16(9-14)21-3;/h7-10,12-13,18H,4-6,11H2,1-3H3;1H. The Bertz CT molecular complexity index is 558. The minimum Gasteiger partial charge on any atom is -0.497 e. The predicted octanol–water partition coefficient (Wildman–Crippen LogP) is 4.25. The zero-order chi connectivity index (χ0) is 15.0. The van der Waals surface area contributed by atoms with Gasteiger partial charge in [-0.25, -0.2) is 4.39 Å². The molecule has 22 heavy (non-hydrogen) atoms. The maximum absolute atomic E-state index is 13.9. The Morgan fingerprint density at radius 2 is 2.00 bits per heavy atom. The number of rotatable bonds is 4. The van der Waals surface area contributed by atoms with E-state index in [0.29, 0.717) is 17.6 Å². The Hall–Kier alpha value is -1.06. The van der Waals surface area contributed by atoms with Gasteiger partial charge in [-0.1, -0.05) is 6.08 Å². The van der Waals surface area contributed by atoms with Crippen LogP contribution < -0.4 is 4.74 Å². The zero-order valence-corrected chi connectivity index (χ0v) is 14.3. The number of allylic oxidation sites excluding steroid dienone is 1. The highest BCUT2D eigenvalue weighted by molar-refractivity contribution is 5.85. The average Bonchev–Trinajstić information content (AvgIpc) is 2.83. The quantitative estimate of drug-likeness (QED) is 0.820. The topological polar surface area (TPSA) is 12.5 Å². The summed E-state index contributed by atoms with van der Waals surface area (Å²) in [4.78, 5) is 2.24. The molecular weight excluding hydrogens is 301 g/mol. The van der Waals surface area contributed by atoms with Gasteiger partial charge in [-0.2, -0.15) is 0 Å². The fourth-order valence-corrected chi connectivity index (χ4v) is 4.00. The van der Waals surface area contributed by atoms with Gasteiger partial charge in [0.1, 0.15) is 11.6 Å². The fourth-order valence-electron chi connectivity index (χ4n) is 4.00. The molecule has 0 amide bonds. The molecule has 4 heteroatoms. The first kappa shape index (κ1) is 17.3. The van der Waals surface area contributed by atoms with E-state index >= 15 is 0 Å². The van der Waals surface area contributed by atoms with Gasteiger partial charge in [0.25, 0.3) is 0 Å². The first-order valence-corrected chi connectivity index (χ1v) is 7.78. The number of ether oxygens (including phenoxy) is 1. The third kappa shape index (κ3) is 3.47. The Morgan fingerprint density at radius 1 is 1.23 bits per heavy atom.